The summed E-state index contributed by atoms with van der Waals surface area (Å²) >= 11 is 6.31. The summed E-state index contributed by atoms with van der Waals surface area (Å²) in [7, 11) is 3.08. The number of nitrogens with zero attached hydrogens (tertiary/aromatic N) is 1. The number of primary amides is 1. The maximum Gasteiger partial charge on any atom is 0.235 e. The number of benzene rings is 1. The van der Waals surface area contributed by atoms with E-state index >= 15 is 0 Å². The van der Waals surface area contributed by atoms with E-state index in [0.29, 0.717) is 16.7 Å². The lowest BCUT2D eigenvalue weighted by molar-refractivity contribution is -0.181. The van der Waals surface area contributed by atoms with Crippen molar-refractivity contribution < 1.29 is 34.2 Å². The Bertz CT molecular complexity index is 1290. The number of fused-ring (bicyclic) bond motifs is 3. The predicted molar refractivity (Wildman–Crippen MR) is 135 cm³/mol. The molecule has 10 heteroatoms. The third kappa shape index (κ3) is 3.70. The van der Waals surface area contributed by atoms with Crippen LogP contribution in [0.15, 0.2) is 12.6 Å². The maximum absolute atomic E-state index is 13.9. The third-order valence-electron chi connectivity index (χ3n) is 8.16. The third-order valence-corrected chi connectivity index (χ3v) is 8.37. The van der Waals surface area contributed by atoms with Crippen LogP contribution >= 0.6 is 11.6 Å². The van der Waals surface area contributed by atoms with Crippen LogP contribution in [0.5, 0.6) is 5.75 Å². The smallest absolute Gasteiger partial charge is 0.235 e. The van der Waals surface area contributed by atoms with Crippen molar-refractivity contribution >= 4 is 45.7 Å². The Morgan fingerprint density at radius 3 is 2.27 bits per heavy atom. The summed E-state index contributed by atoms with van der Waals surface area (Å²) in [5.41, 5.74) is 3.22. The van der Waals surface area contributed by atoms with Gasteiger partial charge in [-0.3, -0.25) is 28.9 Å². The van der Waals surface area contributed by atoms with Gasteiger partial charge in [-0.15, -0.1) is 0 Å². The van der Waals surface area contributed by atoms with Gasteiger partial charge in [0.05, 0.1) is 17.5 Å². The fraction of sp³-hybridized carbons (Fsp3) is 0.519. The minimum Gasteiger partial charge on any atom is -0.507 e. The number of phenols is 1. The number of halogens is 1. The monoisotopic (exact) mass is 530 g/mol. The van der Waals surface area contributed by atoms with Crippen molar-refractivity contribution in [3.63, 3.8) is 0 Å². The predicted octanol–water partition coefficient (Wildman–Crippen LogP) is 1.37. The number of amides is 1. The van der Waals surface area contributed by atoms with E-state index in [0.717, 1.165) is 0 Å². The van der Waals surface area contributed by atoms with Crippen LogP contribution in [0.3, 0.4) is 0 Å². The second-order valence-electron chi connectivity index (χ2n) is 11.6. The average molecular weight is 531 g/mol. The first-order chi connectivity index (χ1) is 17.0. The molecule has 1 aromatic carbocycles. The van der Waals surface area contributed by atoms with Crippen molar-refractivity contribution in [2.75, 3.05) is 14.1 Å². The Balaban J connectivity index is 1.94. The highest BCUT2D eigenvalue weighted by molar-refractivity contribution is 6.48. The Morgan fingerprint density at radius 1 is 1.19 bits per heavy atom. The number of carbonyl (C=O) groups is 5. The highest BCUT2D eigenvalue weighted by Crippen LogP contribution is 2.52. The van der Waals surface area contributed by atoms with Crippen LogP contribution in [0.4, 0.5) is 0 Å². The first kappa shape index (κ1) is 27.2. The molecule has 0 aliphatic heterocycles. The summed E-state index contributed by atoms with van der Waals surface area (Å²) in [4.78, 5) is 67.8. The van der Waals surface area contributed by atoms with Gasteiger partial charge in [-0.2, -0.15) is 0 Å². The quantitative estimate of drug-likeness (QED) is 0.495. The van der Waals surface area contributed by atoms with Gasteiger partial charge in [-0.1, -0.05) is 39.0 Å². The first-order valence-corrected chi connectivity index (χ1v) is 12.4. The molecule has 6 atom stereocenters. The summed E-state index contributed by atoms with van der Waals surface area (Å²) in [5.74, 6) is -10.8. The number of hydrogen-bond acceptors (Lipinski definition) is 8. The Labute approximate surface area is 219 Å². The van der Waals surface area contributed by atoms with Gasteiger partial charge in [0.2, 0.25) is 5.91 Å². The van der Waals surface area contributed by atoms with Crippen molar-refractivity contribution in [3.8, 4) is 5.75 Å². The number of Topliss-reactive ketones (excluding diaryl/α,β-unsaturated/α-hetero) is 4. The molecule has 1 amide bonds. The van der Waals surface area contributed by atoms with Gasteiger partial charge in [-0.05, 0) is 55.5 Å². The molecule has 3 aliphatic carbocycles. The fourth-order valence-electron chi connectivity index (χ4n) is 6.49. The summed E-state index contributed by atoms with van der Waals surface area (Å²) in [6, 6.07) is 0.534. The highest BCUT2D eigenvalue weighted by Gasteiger charge is 2.69. The zero-order valence-electron chi connectivity index (χ0n) is 21.4. The second kappa shape index (κ2) is 8.58. The Hall–Kier alpha value is -2.88. The molecule has 0 spiro atoms. The highest BCUT2D eigenvalue weighted by atomic mass is 35.5. The lowest BCUT2D eigenvalue weighted by atomic mass is 9.52. The van der Waals surface area contributed by atoms with Crippen LogP contribution < -0.4 is 5.73 Å². The zero-order chi connectivity index (χ0) is 27.9. The van der Waals surface area contributed by atoms with E-state index in [9.17, 15) is 34.2 Å². The van der Waals surface area contributed by atoms with Crippen LogP contribution in [0.2, 0.25) is 0 Å². The number of rotatable bonds is 3. The van der Waals surface area contributed by atoms with Gasteiger partial charge >= 0.3 is 0 Å². The lowest BCUT2D eigenvalue weighted by Gasteiger charge is -2.52. The number of hydrogen-bond donors (Lipinski definition) is 3. The molecule has 198 valence electrons. The van der Waals surface area contributed by atoms with E-state index in [1.807, 2.05) is 20.8 Å². The maximum atomic E-state index is 13.9. The standard InChI is InChI=1S/C27H31ClN2O7/c1-10(28)12-9-15(26(2,3)4)20(31)17-13(12)7-11-8-14-19(30(5)6)22(33)18(25(29)36)24(35)27(14,37)23(34)16(11)21(17)32/h9,11,14,16,18-19,31,37H,1,7-8H2,2-6H3,(H2,29,36)/t11-,14-,16?,18?,19-,27-/m0/s1. The number of aliphatic hydroxyl groups is 1. The van der Waals surface area contributed by atoms with Gasteiger partial charge in [0, 0.05) is 16.5 Å². The topological polar surface area (TPSA) is 155 Å². The molecule has 0 saturated heterocycles. The van der Waals surface area contributed by atoms with Gasteiger partial charge in [0.1, 0.15) is 5.75 Å². The van der Waals surface area contributed by atoms with Crippen LogP contribution in [-0.2, 0) is 31.0 Å². The summed E-state index contributed by atoms with van der Waals surface area (Å²) in [6.07, 6.45) is 0.102. The molecule has 9 nitrogen and oxygen atoms in total. The van der Waals surface area contributed by atoms with Crippen LogP contribution in [0.1, 0.15) is 54.2 Å². The first-order valence-electron chi connectivity index (χ1n) is 12.0. The second-order valence-corrected chi connectivity index (χ2v) is 12.1. The van der Waals surface area contributed by atoms with Gasteiger partial charge in [0.15, 0.2) is 34.7 Å². The molecule has 4 N–H and O–H groups in total. The molecule has 0 bridgehead atoms. The van der Waals surface area contributed by atoms with Crippen molar-refractivity contribution in [2.24, 2.45) is 29.4 Å². The molecule has 2 saturated carbocycles. The summed E-state index contributed by atoms with van der Waals surface area (Å²) in [5, 5.41) is 23.0. The van der Waals surface area contributed by atoms with Gasteiger partial charge in [-0.25, -0.2) is 0 Å². The lowest BCUT2D eigenvalue weighted by Crippen LogP contribution is -2.74. The van der Waals surface area contributed by atoms with Crippen LogP contribution in [-0.4, -0.2) is 69.9 Å². The average Bonchev–Trinajstić information content (AvgIpc) is 2.74. The largest absolute Gasteiger partial charge is 0.507 e. The van der Waals surface area contributed by atoms with E-state index in [1.54, 1.807) is 6.07 Å². The van der Waals surface area contributed by atoms with Crippen LogP contribution in [0, 0.1) is 23.7 Å². The number of nitrogens with two attached hydrogens (primary N) is 1. The van der Waals surface area contributed by atoms with Crippen molar-refractivity contribution in [3.05, 3.63) is 34.9 Å². The number of phenolic OH excluding ortho intramolecular Hbond substituents is 1. The molecular formula is C27H31ClN2O7. The molecule has 2 unspecified atom stereocenters. The van der Waals surface area contributed by atoms with E-state index in [-0.39, 0.29) is 29.2 Å². The van der Waals surface area contributed by atoms with E-state index < -0.39 is 69.8 Å². The van der Waals surface area contributed by atoms with E-state index in [4.69, 9.17) is 17.3 Å². The van der Waals surface area contributed by atoms with Crippen molar-refractivity contribution in [2.45, 2.75) is 50.7 Å². The molecule has 37 heavy (non-hydrogen) atoms. The number of carbonyl (C=O) groups excluding carboxylic acids is 5. The fourth-order valence-corrected chi connectivity index (χ4v) is 6.65. The molecule has 0 radical (unpaired) electrons. The number of aromatic hydroxyl groups is 1. The molecule has 0 heterocycles. The molecule has 4 rings (SSSR count). The zero-order valence-corrected chi connectivity index (χ0v) is 22.2. The summed E-state index contributed by atoms with van der Waals surface area (Å²) in [6.45, 7) is 9.33. The van der Waals surface area contributed by atoms with E-state index in [2.05, 4.69) is 6.58 Å². The van der Waals surface area contributed by atoms with Gasteiger partial charge < -0.3 is 15.9 Å². The van der Waals surface area contributed by atoms with E-state index in [1.165, 1.54) is 19.0 Å². The number of ketones is 4. The van der Waals surface area contributed by atoms with Gasteiger partial charge in [0.25, 0.3) is 0 Å². The molecule has 1 aromatic rings. The Kier molecular flexibility index (Phi) is 6.30. The number of likely N-dealkylation sites (N-methyl/N-ethyl adjacent to an activating group) is 1. The van der Waals surface area contributed by atoms with Crippen LogP contribution in [0.25, 0.3) is 5.03 Å². The Morgan fingerprint density at radius 2 is 1.78 bits per heavy atom. The molecule has 3 aliphatic rings. The minimum atomic E-state index is -2.76. The molecule has 0 aromatic heterocycles. The van der Waals surface area contributed by atoms with Crippen molar-refractivity contribution in [1.29, 1.82) is 0 Å². The SMILES string of the molecule is C=C(Cl)c1cc(C(C)(C)C)c(O)c2c1C[C@H]1C[C@H]3[C@H](N(C)C)C(=O)C(C(N)=O)C(=O)[C@@]3(O)C(=O)C1C2=O. The summed E-state index contributed by atoms with van der Waals surface area (Å²) < 4.78 is 0. The minimum absolute atomic E-state index is 0.0279. The molecule has 2 fully saturated rings. The van der Waals surface area contributed by atoms with Crippen molar-refractivity contribution in [1.82, 2.24) is 4.90 Å². The normalized spacial score (nSPS) is 31.6. The molecular weight excluding hydrogens is 500 g/mol.